The Hall–Kier alpha value is -3.66. The summed E-state index contributed by atoms with van der Waals surface area (Å²) in [5.41, 5.74) is 10.6. The van der Waals surface area contributed by atoms with Crippen LogP contribution in [-0.4, -0.2) is 27.4 Å². The van der Waals surface area contributed by atoms with Crippen molar-refractivity contribution in [3.8, 4) is 11.1 Å². The first-order chi connectivity index (χ1) is 16.3. The third kappa shape index (κ3) is 4.54. The van der Waals surface area contributed by atoms with Gasteiger partial charge < -0.3 is 15.8 Å². The lowest BCUT2D eigenvalue weighted by molar-refractivity contribution is -0.110. The van der Waals surface area contributed by atoms with Crippen LogP contribution < -0.4 is 15.8 Å². The number of amides is 1. The van der Waals surface area contributed by atoms with E-state index in [1.807, 2.05) is 37.6 Å². The number of benzene rings is 2. The summed E-state index contributed by atoms with van der Waals surface area (Å²) in [7, 11) is 1.85. The average Bonchev–Trinajstić information content (AvgIpc) is 3.10. The summed E-state index contributed by atoms with van der Waals surface area (Å²) in [5, 5.41) is 8.25. The summed E-state index contributed by atoms with van der Waals surface area (Å²) in [6.07, 6.45) is 2.61. The van der Waals surface area contributed by atoms with Crippen LogP contribution in [0.1, 0.15) is 23.0 Å². The fourth-order valence-electron chi connectivity index (χ4n) is 4.13. The fourth-order valence-corrected chi connectivity index (χ4v) is 4.47. The maximum atomic E-state index is 13.8. The number of nitrogen functional groups attached to an aromatic ring is 1. The summed E-state index contributed by atoms with van der Waals surface area (Å²) in [5.74, 6) is -0.649. The van der Waals surface area contributed by atoms with Gasteiger partial charge in [0, 0.05) is 35.9 Å². The van der Waals surface area contributed by atoms with Gasteiger partial charge in [-0.25, -0.2) is 8.78 Å². The predicted molar refractivity (Wildman–Crippen MR) is 132 cm³/mol. The van der Waals surface area contributed by atoms with E-state index in [2.05, 4.69) is 15.1 Å². The molecule has 4 N–H and O–H groups in total. The van der Waals surface area contributed by atoms with E-state index in [1.54, 1.807) is 11.6 Å². The van der Waals surface area contributed by atoms with Crippen LogP contribution in [0.15, 0.2) is 42.5 Å². The molecule has 0 spiro atoms. The van der Waals surface area contributed by atoms with Gasteiger partial charge in [-0.05, 0) is 43.2 Å². The number of pyridine rings is 1. The topological polar surface area (TPSA) is 97.9 Å². The van der Waals surface area contributed by atoms with Crippen LogP contribution in [-0.2, 0) is 18.3 Å². The van der Waals surface area contributed by atoms with E-state index in [9.17, 15) is 13.6 Å². The lowest BCUT2D eigenvalue weighted by Gasteiger charge is -2.21. The van der Waals surface area contributed by atoms with E-state index in [0.717, 1.165) is 28.4 Å². The Kier molecular flexibility index (Phi) is 6.69. The van der Waals surface area contributed by atoms with Crippen molar-refractivity contribution in [2.24, 2.45) is 7.05 Å². The normalized spacial score (nSPS) is 12.0. The third-order valence-corrected chi connectivity index (χ3v) is 5.99. The molecule has 2 aromatic carbocycles. The molecular weight excluding hydrogens is 458 g/mol. The number of nitrogens with zero attached hydrogens (tertiary/aromatic N) is 3. The molecule has 176 valence electrons. The van der Waals surface area contributed by atoms with Gasteiger partial charge >= 0.3 is 0 Å². The number of hydrogen-bond donors (Lipinski definition) is 3. The highest BCUT2D eigenvalue weighted by molar-refractivity contribution is 7.99. The zero-order chi connectivity index (χ0) is 24.4. The minimum Gasteiger partial charge on any atom is -0.397 e. The second kappa shape index (κ2) is 9.68. The van der Waals surface area contributed by atoms with Crippen LogP contribution >= 0.6 is 11.9 Å². The number of hydrogen-bond acceptors (Lipinski definition) is 6. The first-order valence-corrected chi connectivity index (χ1v) is 11.7. The molecule has 1 amide bonds. The van der Waals surface area contributed by atoms with Crippen molar-refractivity contribution in [2.75, 3.05) is 16.7 Å². The molecule has 0 fully saturated rings. The molecule has 34 heavy (non-hydrogen) atoms. The van der Waals surface area contributed by atoms with Gasteiger partial charge in [-0.3, -0.25) is 14.5 Å². The minimum atomic E-state index is -0.685. The van der Waals surface area contributed by atoms with E-state index in [1.165, 1.54) is 24.1 Å². The van der Waals surface area contributed by atoms with Crippen LogP contribution in [0.5, 0.6) is 0 Å². The number of anilines is 2. The molecular formula is C24H24F2N6OS. The molecule has 7 nitrogen and oxygen atoms in total. The van der Waals surface area contributed by atoms with Gasteiger partial charge in [0.25, 0.3) is 0 Å². The molecule has 4 aromatic rings. The number of nitrogens with two attached hydrogens (primary N) is 1. The number of nitrogens with one attached hydrogen (secondary N) is 2. The largest absolute Gasteiger partial charge is 0.397 e. The van der Waals surface area contributed by atoms with Gasteiger partial charge in [0.05, 0.1) is 28.6 Å². The fraction of sp³-hybridized carbons (Fsp3) is 0.208. The van der Waals surface area contributed by atoms with Gasteiger partial charge in [-0.15, -0.1) is 0 Å². The second-order valence-corrected chi connectivity index (χ2v) is 8.51. The van der Waals surface area contributed by atoms with Gasteiger partial charge in [0.2, 0.25) is 6.41 Å². The smallest absolute Gasteiger partial charge is 0.207 e. The Morgan fingerprint density at radius 3 is 2.59 bits per heavy atom. The van der Waals surface area contributed by atoms with Crippen LogP contribution in [0.25, 0.3) is 22.0 Å². The van der Waals surface area contributed by atoms with Crippen molar-refractivity contribution in [1.82, 2.24) is 20.1 Å². The Morgan fingerprint density at radius 1 is 1.18 bits per heavy atom. The molecule has 2 heterocycles. The Balaban J connectivity index is 1.91. The number of rotatable bonds is 8. The van der Waals surface area contributed by atoms with Crippen molar-refractivity contribution in [3.63, 3.8) is 0 Å². The number of carbonyl (C=O) groups is 1. The highest BCUT2D eigenvalue weighted by atomic mass is 32.2. The standard InChI is InChI=1S/C24H24F2N6OS/c1-13-20(27)11-19(17-5-4-6-18-23(17)32(2)30-24(18)31-34-3)22(29-13)21(28-12-33)9-14-7-15(25)10-16(26)8-14/h4-8,10-12,21H,9,27H2,1-3H3,(H,28,33)(H,30,31). The van der Waals surface area contributed by atoms with E-state index in [-0.39, 0.29) is 6.42 Å². The molecule has 0 aliphatic carbocycles. The first kappa shape index (κ1) is 23.5. The van der Waals surface area contributed by atoms with Crippen LogP contribution in [0.3, 0.4) is 0 Å². The van der Waals surface area contributed by atoms with Crippen molar-refractivity contribution in [3.05, 3.63) is 71.1 Å². The molecule has 0 bridgehead atoms. The summed E-state index contributed by atoms with van der Waals surface area (Å²) in [4.78, 5) is 16.2. The average molecular weight is 483 g/mol. The Bertz CT molecular complexity index is 1350. The van der Waals surface area contributed by atoms with Crippen molar-refractivity contribution >= 4 is 40.8 Å². The summed E-state index contributed by atoms with van der Waals surface area (Å²) >= 11 is 1.44. The molecule has 4 rings (SSSR count). The maximum absolute atomic E-state index is 13.8. The minimum absolute atomic E-state index is 0.136. The van der Waals surface area contributed by atoms with Crippen molar-refractivity contribution in [1.29, 1.82) is 0 Å². The van der Waals surface area contributed by atoms with Crippen LogP contribution in [0.4, 0.5) is 20.3 Å². The van der Waals surface area contributed by atoms with Crippen LogP contribution in [0.2, 0.25) is 0 Å². The number of fused-ring (bicyclic) bond motifs is 1. The lowest BCUT2D eigenvalue weighted by Crippen LogP contribution is -2.24. The number of aromatic nitrogens is 3. The second-order valence-electron chi connectivity index (χ2n) is 7.89. The SMILES string of the molecule is CSNc1nn(C)c2c(-c3cc(N)c(C)nc3C(Cc3cc(F)cc(F)c3)NC=O)cccc12. The van der Waals surface area contributed by atoms with Crippen molar-refractivity contribution in [2.45, 2.75) is 19.4 Å². The van der Waals surface area contributed by atoms with E-state index in [0.29, 0.717) is 34.6 Å². The predicted octanol–water partition coefficient (Wildman–Crippen LogP) is 4.52. The third-order valence-electron chi connectivity index (χ3n) is 5.60. The van der Waals surface area contributed by atoms with Gasteiger partial charge in [0.15, 0.2) is 5.82 Å². The molecule has 0 saturated heterocycles. The highest BCUT2D eigenvalue weighted by Gasteiger charge is 2.23. The zero-order valence-electron chi connectivity index (χ0n) is 18.9. The molecule has 1 atom stereocenters. The first-order valence-electron chi connectivity index (χ1n) is 10.5. The molecule has 0 saturated carbocycles. The zero-order valence-corrected chi connectivity index (χ0v) is 19.7. The molecule has 0 aliphatic rings. The summed E-state index contributed by atoms with van der Waals surface area (Å²) in [6.45, 7) is 1.77. The molecule has 0 aliphatic heterocycles. The summed E-state index contributed by atoms with van der Waals surface area (Å²) < 4.78 is 32.6. The Morgan fingerprint density at radius 2 is 1.91 bits per heavy atom. The maximum Gasteiger partial charge on any atom is 0.207 e. The lowest BCUT2D eigenvalue weighted by atomic mass is 9.93. The number of halogens is 2. The van der Waals surface area contributed by atoms with Crippen LogP contribution in [0, 0.1) is 18.6 Å². The van der Waals surface area contributed by atoms with E-state index in [4.69, 9.17) is 10.7 Å². The molecule has 0 radical (unpaired) electrons. The highest BCUT2D eigenvalue weighted by Crippen LogP contribution is 2.37. The Labute approximate surface area is 199 Å². The molecule has 2 aromatic heterocycles. The summed E-state index contributed by atoms with van der Waals surface area (Å²) in [6, 6.07) is 10.3. The number of carbonyl (C=O) groups excluding carboxylic acids is 1. The monoisotopic (exact) mass is 482 g/mol. The van der Waals surface area contributed by atoms with E-state index < -0.39 is 17.7 Å². The number of para-hydroxylation sites is 1. The van der Waals surface area contributed by atoms with Gasteiger partial charge in [-0.1, -0.05) is 24.1 Å². The van der Waals surface area contributed by atoms with Crippen molar-refractivity contribution < 1.29 is 13.6 Å². The van der Waals surface area contributed by atoms with Gasteiger partial charge in [-0.2, -0.15) is 5.10 Å². The quantitative estimate of drug-likeness (QED) is 0.252. The molecule has 10 heteroatoms. The van der Waals surface area contributed by atoms with Gasteiger partial charge in [0.1, 0.15) is 11.6 Å². The number of aryl methyl sites for hydroxylation is 2. The van der Waals surface area contributed by atoms with E-state index >= 15 is 0 Å². The molecule has 1 unspecified atom stereocenters.